The van der Waals surface area contributed by atoms with E-state index in [9.17, 15) is 8.42 Å². The van der Waals surface area contributed by atoms with E-state index >= 15 is 0 Å². The van der Waals surface area contributed by atoms with Gasteiger partial charge >= 0.3 is 0 Å². The second-order valence-corrected chi connectivity index (χ2v) is 9.17. The third-order valence-corrected chi connectivity index (χ3v) is 6.65. The minimum absolute atomic E-state index is 0.185. The first-order chi connectivity index (χ1) is 12.8. The zero-order valence-electron chi connectivity index (χ0n) is 16.4. The van der Waals surface area contributed by atoms with Gasteiger partial charge in [0.05, 0.1) is 22.7 Å². The molecule has 0 radical (unpaired) electrons. The third-order valence-electron chi connectivity index (χ3n) is 4.83. The normalized spacial score (nSPS) is 18.1. The highest BCUT2D eigenvalue weighted by molar-refractivity contribution is 7.92. The van der Waals surface area contributed by atoms with Gasteiger partial charge in [0.25, 0.3) is 10.0 Å². The smallest absolute Gasteiger partial charge is 0.264 e. The van der Waals surface area contributed by atoms with Gasteiger partial charge in [0, 0.05) is 13.7 Å². The highest BCUT2D eigenvalue weighted by Crippen LogP contribution is 2.40. The first kappa shape index (κ1) is 19.9. The molecule has 1 aliphatic heterocycles. The van der Waals surface area contributed by atoms with E-state index in [1.54, 1.807) is 13.1 Å². The number of para-hydroxylation sites is 1. The molecule has 0 saturated carbocycles. The summed E-state index contributed by atoms with van der Waals surface area (Å²) in [6.07, 6.45) is 1.08. The Labute approximate surface area is 162 Å². The van der Waals surface area contributed by atoms with Crippen LogP contribution in [0.15, 0.2) is 47.4 Å². The molecule has 1 atom stereocenters. The number of hydrogen-bond acceptors (Lipinski definition) is 4. The zero-order valence-corrected chi connectivity index (χ0v) is 17.2. The fraction of sp³-hybridized carbons (Fsp3) is 0.429. The fourth-order valence-corrected chi connectivity index (χ4v) is 4.96. The molecule has 0 aromatic heterocycles. The van der Waals surface area contributed by atoms with E-state index in [1.165, 1.54) is 4.31 Å². The molecule has 1 N–H and O–H groups in total. The lowest BCUT2D eigenvalue weighted by Crippen LogP contribution is -2.26. The van der Waals surface area contributed by atoms with Crippen LogP contribution < -0.4 is 9.62 Å². The predicted octanol–water partition coefficient (Wildman–Crippen LogP) is 3.63. The van der Waals surface area contributed by atoms with Crippen molar-refractivity contribution in [2.24, 2.45) is 0 Å². The summed E-state index contributed by atoms with van der Waals surface area (Å²) in [5.41, 5.74) is 3.40. The third kappa shape index (κ3) is 4.03. The highest BCUT2D eigenvalue weighted by Gasteiger charge is 2.34. The van der Waals surface area contributed by atoms with Crippen LogP contribution in [0.4, 0.5) is 5.69 Å². The van der Waals surface area contributed by atoms with Crippen LogP contribution in [0.3, 0.4) is 0 Å². The van der Waals surface area contributed by atoms with Crippen LogP contribution in [0.2, 0.25) is 0 Å². The summed E-state index contributed by atoms with van der Waals surface area (Å²) in [4.78, 5) is 0.372. The van der Waals surface area contributed by atoms with E-state index < -0.39 is 10.0 Å². The van der Waals surface area contributed by atoms with Gasteiger partial charge in [0.15, 0.2) is 0 Å². The number of anilines is 1. The molecule has 6 heteroatoms. The molecule has 27 heavy (non-hydrogen) atoms. The van der Waals surface area contributed by atoms with E-state index in [0.29, 0.717) is 17.2 Å². The van der Waals surface area contributed by atoms with Crippen molar-refractivity contribution in [3.63, 3.8) is 0 Å². The van der Waals surface area contributed by atoms with Gasteiger partial charge < -0.3 is 10.1 Å². The molecule has 1 unspecified atom stereocenters. The Morgan fingerprint density at radius 3 is 2.63 bits per heavy atom. The van der Waals surface area contributed by atoms with Crippen LogP contribution in [0.25, 0.3) is 0 Å². The van der Waals surface area contributed by atoms with E-state index in [-0.39, 0.29) is 12.1 Å². The molecule has 0 fully saturated rings. The summed E-state index contributed by atoms with van der Waals surface area (Å²) in [7, 11) is -1.98. The van der Waals surface area contributed by atoms with Crippen molar-refractivity contribution in [3.05, 3.63) is 59.2 Å². The van der Waals surface area contributed by atoms with Crippen LogP contribution in [0, 0.1) is 6.92 Å². The minimum Gasteiger partial charge on any atom is -0.379 e. The number of aryl methyl sites for hydroxylation is 1. The van der Waals surface area contributed by atoms with Gasteiger partial charge in [0.2, 0.25) is 0 Å². The number of nitrogens with one attached hydrogen (secondary N) is 1. The molecular weight excluding hydrogens is 360 g/mol. The average Bonchev–Trinajstić information content (AvgIpc) is 2.70. The molecule has 5 nitrogen and oxygen atoms in total. The highest BCUT2D eigenvalue weighted by atomic mass is 32.2. The number of sulfonamides is 1. The molecule has 2 aromatic carbocycles. The summed E-state index contributed by atoms with van der Waals surface area (Å²) < 4.78 is 33.4. The summed E-state index contributed by atoms with van der Waals surface area (Å²) in [6.45, 7) is 7.38. The molecule has 146 valence electrons. The van der Waals surface area contributed by atoms with Crippen LogP contribution in [0.1, 0.15) is 43.0 Å². The van der Waals surface area contributed by atoms with E-state index in [0.717, 1.165) is 29.7 Å². The Kier molecular flexibility index (Phi) is 5.89. The molecule has 0 amide bonds. The minimum atomic E-state index is -3.60. The number of ether oxygens (including phenoxy) is 1. The Morgan fingerprint density at radius 1 is 1.15 bits per heavy atom. The molecule has 0 aliphatic carbocycles. The van der Waals surface area contributed by atoms with E-state index in [4.69, 9.17) is 4.74 Å². The van der Waals surface area contributed by atoms with Gasteiger partial charge in [-0.05, 0) is 62.6 Å². The SMILES string of the molecule is Cc1ccc2c(c1)S(=O)(=O)N(C)c1ccccc1C2NCCCOC(C)C. The molecular formula is C21H28N2O3S. The van der Waals surface area contributed by atoms with E-state index in [1.807, 2.05) is 57.2 Å². The maximum atomic E-state index is 13.2. The molecule has 0 bridgehead atoms. The average molecular weight is 389 g/mol. The number of benzene rings is 2. The van der Waals surface area contributed by atoms with Crippen molar-refractivity contribution < 1.29 is 13.2 Å². The van der Waals surface area contributed by atoms with Crippen LogP contribution >= 0.6 is 0 Å². The number of nitrogens with zero attached hydrogens (tertiary/aromatic N) is 1. The Hall–Kier alpha value is -1.89. The molecule has 2 aromatic rings. The summed E-state index contributed by atoms with van der Waals surface area (Å²) in [5.74, 6) is 0. The number of fused-ring (bicyclic) bond motifs is 2. The van der Waals surface area contributed by atoms with Crippen molar-refractivity contribution in [2.45, 2.75) is 44.2 Å². The molecule has 0 saturated heterocycles. The molecule has 1 aliphatic rings. The van der Waals surface area contributed by atoms with Crippen molar-refractivity contribution in [2.75, 3.05) is 24.5 Å². The van der Waals surface area contributed by atoms with Crippen molar-refractivity contribution in [1.29, 1.82) is 0 Å². The Bertz CT molecular complexity index is 909. The summed E-state index contributed by atoms with van der Waals surface area (Å²) >= 11 is 0. The summed E-state index contributed by atoms with van der Waals surface area (Å²) in [6, 6.07) is 13.2. The topological polar surface area (TPSA) is 58.6 Å². The fourth-order valence-electron chi connectivity index (χ4n) is 3.42. The van der Waals surface area contributed by atoms with Gasteiger partial charge in [-0.3, -0.25) is 4.31 Å². The van der Waals surface area contributed by atoms with Gasteiger partial charge in [-0.2, -0.15) is 0 Å². The van der Waals surface area contributed by atoms with Crippen LogP contribution in [-0.2, 0) is 14.8 Å². The van der Waals surface area contributed by atoms with Crippen molar-refractivity contribution >= 4 is 15.7 Å². The second kappa shape index (κ2) is 8.00. The Morgan fingerprint density at radius 2 is 1.89 bits per heavy atom. The van der Waals surface area contributed by atoms with E-state index in [2.05, 4.69) is 5.32 Å². The standard InChI is InChI=1S/C21H28N2O3S/c1-15(2)26-13-7-12-22-21-17-8-5-6-9-19(17)23(4)27(24,25)20-14-16(3)10-11-18(20)21/h5-6,8-11,14-15,21-22H,7,12-13H2,1-4H3. The lowest BCUT2D eigenvalue weighted by molar-refractivity contribution is 0.0768. The van der Waals surface area contributed by atoms with Crippen molar-refractivity contribution in [1.82, 2.24) is 5.32 Å². The lowest BCUT2D eigenvalue weighted by Gasteiger charge is -2.22. The zero-order chi connectivity index (χ0) is 19.6. The first-order valence-electron chi connectivity index (χ1n) is 9.35. The van der Waals surface area contributed by atoms with Gasteiger partial charge in [-0.1, -0.05) is 30.3 Å². The second-order valence-electron chi connectivity index (χ2n) is 7.23. The Balaban J connectivity index is 2.00. The van der Waals surface area contributed by atoms with Crippen LogP contribution in [0.5, 0.6) is 0 Å². The number of hydrogen-bond donors (Lipinski definition) is 1. The largest absolute Gasteiger partial charge is 0.379 e. The molecule has 0 spiro atoms. The first-order valence-corrected chi connectivity index (χ1v) is 10.8. The van der Waals surface area contributed by atoms with Crippen LogP contribution in [-0.4, -0.2) is 34.7 Å². The lowest BCUT2D eigenvalue weighted by atomic mass is 9.96. The molecule has 3 rings (SSSR count). The monoisotopic (exact) mass is 388 g/mol. The van der Waals surface area contributed by atoms with Gasteiger partial charge in [-0.15, -0.1) is 0 Å². The maximum absolute atomic E-state index is 13.2. The van der Waals surface area contributed by atoms with Gasteiger partial charge in [-0.25, -0.2) is 8.42 Å². The predicted molar refractivity (Wildman–Crippen MR) is 109 cm³/mol. The quantitative estimate of drug-likeness (QED) is 0.768. The summed E-state index contributed by atoms with van der Waals surface area (Å²) in [5, 5.41) is 3.55. The van der Waals surface area contributed by atoms with Gasteiger partial charge in [0.1, 0.15) is 0 Å². The molecule has 1 heterocycles. The maximum Gasteiger partial charge on any atom is 0.264 e. The number of rotatable bonds is 6. The van der Waals surface area contributed by atoms with Crippen molar-refractivity contribution in [3.8, 4) is 0 Å².